The number of ether oxygens (including phenoxy) is 1. The van der Waals surface area contributed by atoms with Crippen molar-refractivity contribution in [1.29, 1.82) is 0 Å². The Kier molecular flexibility index (Phi) is 5.54. The molecular weight excluding hydrogens is 348 g/mol. The Morgan fingerprint density at radius 3 is 2.92 bits per heavy atom. The first-order valence-corrected chi connectivity index (χ1v) is 9.39. The van der Waals surface area contributed by atoms with Crippen molar-refractivity contribution in [2.75, 3.05) is 18.1 Å². The number of hydrogen-bond donors (Lipinski definition) is 1. The Bertz CT molecular complexity index is 695. The molecular formula is C15H18N4O3S2. The maximum absolute atomic E-state index is 12.7. The molecule has 1 atom stereocenters. The topological polar surface area (TPSA) is 98.4 Å². The summed E-state index contributed by atoms with van der Waals surface area (Å²) in [6.45, 7) is 1.17. The van der Waals surface area contributed by atoms with Gasteiger partial charge in [-0.1, -0.05) is 11.3 Å². The highest BCUT2D eigenvalue weighted by Crippen LogP contribution is 2.25. The monoisotopic (exact) mass is 366 g/mol. The second kappa shape index (κ2) is 7.82. The van der Waals surface area contributed by atoms with Gasteiger partial charge in [0.25, 0.3) is 5.91 Å². The lowest BCUT2D eigenvalue weighted by Gasteiger charge is -2.23. The standard InChI is InChI=1S/C15H18N4O3S2/c16-14(21)11-8-18-15(24-11)19(9-10-2-1-6-22-10)13(20)4-3-12-17-5-7-23-12/h5,7-8,10H,1-4,6,9H2,(H2,16,21). The van der Waals surface area contributed by atoms with Gasteiger partial charge in [-0.05, 0) is 12.8 Å². The molecule has 2 aromatic rings. The Morgan fingerprint density at radius 1 is 1.42 bits per heavy atom. The predicted octanol–water partition coefficient (Wildman–Crippen LogP) is 1.84. The van der Waals surface area contributed by atoms with Gasteiger partial charge in [-0.3, -0.25) is 14.5 Å². The van der Waals surface area contributed by atoms with Crippen LogP contribution >= 0.6 is 22.7 Å². The van der Waals surface area contributed by atoms with Gasteiger partial charge in [0.1, 0.15) is 4.88 Å². The molecule has 1 fully saturated rings. The van der Waals surface area contributed by atoms with Crippen LogP contribution < -0.4 is 10.6 Å². The first kappa shape index (κ1) is 17.0. The molecule has 1 aliphatic heterocycles. The number of hydrogen-bond acceptors (Lipinski definition) is 7. The second-order valence-corrected chi connectivity index (χ2v) is 7.42. The fraction of sp³-hybridized carbons (Fsp3) is 0.467. The average molecular weight is 366 g/mol. The van der Waals surface area contributed by atoms with Crippen molar-refractivity contribution in [3.8, 4) is 0 Å². The van der Waals surface area contributed by atoms with Gasteiger partial charge < -0.3 is 10.5 Å². The quantitative estimate of drug-likeness (QED) is 0.806. The lowest BCUT2D eigenvalue weighted by molar-refractivity contribution is -0.119. The Hall–Kier alpha value is -1.84. The largest absolute Gasteiger partial charge is 0.376 e. The third-order valence-corrected chi connectivity index (χ3v) is 5.59. The number of aromatic nitrogens is 2. The molecule has 2 aromatic heterocycles. The normalized spacial score (nSPS) is 17.1. The van der Waals surface area contributed by atoms with Crippen LogP contribution in [0.1, 0.15) is 33.9 Å². The molecule has 2 N–H and O–H groups in total. The maximum atomic E-state index is 12.7. The minimum Gasteiger partial charge on any atom is -0.376 e. The van der Waals surface area contributed by atoms with Crippen LogP contribution in [0.3, 0.4) is 0 Å². The fourth-order valence-corrected chi connectivity index (χ4v) is 3.92. The molecule has 2 amide bonds. The smallest absolute Gasteiger partial charge is 0.260 e. The molecule has 1 aliphatic rings. The highest BCUT2D eigenvalue weighted by atomic mass is 32.1. The van der Waals surface area contributed by atoms with E-state index in [0.717, 1.165) is 35.8 Å². The van der Waals surface area contributed by atoms with E-state index in [2.05, 4.69) is 9.97 Å². The van der Waals surface area contributed by atoms with Crippen molar-refractivity contribution in [1.82, 2.24) is 9.97 Å². The summed E-state index contributed by atoms with van der Waals surface area (Å²) in [5.41, 5.74) is 5.29. The van der Waals surface area contributed by atoms with Crippen molar-refractivity contribution in [3.63, 3.8) is 0 Å². The minimum absolute atomic E-state index is 0.00902. The van der Waals surface area contributed by atoms with Crippen LogP contribution in [0.2, 0.25) is 0 Å². The van der Waals surface area contributed by atoms with Crippen molar-refractivity contribution in [2.24, 2.45) is 5.73 Å². The molecule has 0 saturated carbocycles. The lowest BCUT2D eigenvalue weighted by Crippen LogP contribution is -2.37. The summed E-state index contributed by atoms with van der Waals surface area (Å²) in [6, 6.07) is 0. The van der Waals surface area contributed by atoms with Gasteiger partial charge >= 0.3 is 0 Å². The Labute approximate surface area is 147 Å². The van der Waals surface area contributed by atoms with Gasteiger partial charge in [-0.15, -0.1) is 11.3 Å². The SMILES string of the molecule is NC(=O)c1cnc(N(CC2CCCO2)C(=O)CCc2nccs2)s1. The van der Waals surface area contributed by atoms with Gasteiger partial charge in [0.05, 0.1) is 23.9 Å². The van der Waals surface area contributed by atoms with Gasteiger partial charge in [0.15, 0.2) is 5.13 Å². The molecule has 1 saturated heterocycles. The molecule has 0 spiro atoms. The van der Waals surface area contributed by atoms with Crippen LogP contribution in [0.4, 0.5) is 5.13 Å². The van der Waals surface area contributed by atoms with Gasteiger partial charge in [0, 0.05) is 31.0 Å². The first-order valence-electron chi connectivity index (χ1n) is 7.69. The van der Waals surface area contributed by atoms with E-state index in [4.69, 9.17) is 10.5 Å². The first-order chi connectivity index (χ1) is 11.6. The zero-order valence-electron chi connectivity index (χ0n) is 13.0. The number of carbonyl (C=O) groups excluding carboxylic acids is 2. The molecule has 128 valence electrons. The lowest BCUT2D eigenvalue weighted by atomic mass is 10.2. The van der Waals surface area contributed by atoms with Crippen molar-refractivity contribution in [2.45, 2.75) is 31.8 Å². The van der Waals surface area contributed by atoms with Crippen molar-refractivity contribution >= 4 is 39.6 Å². The number of anilines is 1. The highest BCUT2D eigenvalue weighted by Gasteiger charge is 2.26. The van der Waals surface area contributed by atoms with Gasteiger partial charge in [0.2, 0.25) is 5.91 Å². The van der Waals surface area contributed by atoms with Crippen LogP contribution in [0.15, 0.2) is 17.8 Å². The number of aryl methyl sites for hydroxylation is 1. The minimum atomic E-state index is -0.536. The molecule has 3 heterocycles. The summed E-state index contributed by atoms with van der Waals surface area (Å²) >= 11 is 2.67. The number of nitrogens with zero attached hydrogens (tertiary/aromatic N) is 3. The summed E-state index contributed by atoms with van der Waals surface area (Å²) < 4.78 is 5.64. The van der Waals surface area contributed by atoms with E-state index in [1.807, 2.05) is 5.38 Å². The van der Waals surface area contributed by atoms with E-state index < -0.39 is 5.91 Å². The molecule has 24 heavy (non-hydrogen) atoms. The fourth-order valence-electron chi connectivity index (χ4n) is 2.51. The van der Waals surface area contributed by atoms with Crippen LogP contribution in [0, 0.1) is 0 Å². The van der Waals surface area contributed by atoms with E-state index in [-0.39, 0.29) is 12.0 Å². The molecule has 0 aliphatic carbocycles. The molecule has 0 aromatic carbocycles. The molecule has 3 rings (SSSR count). The van der Waals surface area contributed by atoms with E-state index in [9.17, 15) is 9.59 Å². The van der Waals surface area contributed by atoms with E-state index in [0.29, 0.717) is 29.4 Å². The third kappa shape index (κ3) is 4.16. The second-order valence-electron chi connectivity index (χ2n) is 5.44. The van der Waals surface area contributed by atoms with E-state index in [1.165, 1.54) is 17.5 Å². The van der Waals surface area contributed by atoms with Gasteiger partial charge in [-0.2, -0.15) is 0 Å². The summed E-state index contributed by atoms with van der Waals surface area (Å²) in [4.78, 5) is 34.3. The van der Waals surface area contributed by atoms with Crippen molar-refractivity contribution < 1.29 is 14.3 Å². The van der Waals surface area contributed by atoms with E-state index in [1.54, 1.807) is 11.1 Å². The molecule has 7 nitrogen and oxygen atoms in total. The molecule has 9 heteroatoms. The highest BCUT2D eigenvalue weighted by molar-refractivity contribution is 7.17. The Balaban J connectivity index is 1.72. The predicted molar refractivity (Wildman–Crippen MR) is 92.4 cm³/mol. The van der Waals surface area contributed by atoms with Crippen LogP contribution in [-0.4, -0.2) is 41.0 Å². The summed E-state index contributed by atoms with van der Waals surface area (Å²) in [5.74, 6) is -0.586. The summed E-state index contributed by atoms with van der Waals surface area (Å²) in [5, 5.41) is 3.31. The molecule has 0 bridgehead atoms. The molecule has 1 unspecified atom stereocenters. The average Bonchev–Trinajstić information content (AvgIpc) is 3.32. The molecule has 0 radical (unpaired) electrons. The number of primary amides is 1. The van der Waals surface area contributed by atoms with E-state index >= 15 is 0 Å². The Morgan fingerprint density at radius 2 is 2.29 bits per heavy atom. The van der Waals surface area contributed by atoms with Crippen LogP contribution in [0.25, 0.3) is 0 Å². The zero-order chi connectivity index (χ0) is 16.9. The van der Waals surface area contributed by atoms with Gasteiger partial charge in [-0.25, -0.2) is 9.97 Å². The number of amides is 2. The zero-order valence-corrected chi connectivity index (χ0v) is 14.6. The number of nitrogens with two attached hydrogens (primary N) is 1. The summed E-state index contributed by atoms with van der Waals surface area (Å²) in [6.07, 6.45) is 6.00. The third-order valence-electron chi connectivity index (χ3n) is 3.71. The number of carbonyl (C=O) groups is 2. The van der Waals surface area contributed by atoms with Crippen LogP contribution in [0.5, 0.6) is 0 Å². The number of thiazole rings is 2. The number of rotatable bonds is 7. The van der Waals surface area contributed by atoms with Crippen LogP contribution in [-0.2, 0) is 16.0 Å². The van der Waals surface area contributed by atoms with Crippen molar-refractivity contribution in [3.05, 3.63) is 27.7 Å². The summed E-state index contributed by atoms with van der Waals surface area (Å²) in [7, 11) is 0. The maximum Gasteiger partial charge on any atom is 0.260 e.